The van der Waals surface area contributed by atoms with Crippen LogP contribution in [0.4, 0.5) is 5.69 Å². The van der Waals surface area contributed by atoms with E-state index in [2.05, 4.69) is 10.4 Å². The van der Waals surface area contributed by atoms with E-state index in [0.29, 0.717) is 38.3 Å². The predicted molar refractivity (Wildman–Crippen MR) is 72.7 cm³/mol. The van der Waals surface area contributed by atoms with Crippen LogP contribution in [-0.4, -0.2) is 40.2 Å². The molecule has 6 nitrogen and oxygen atoms in total. The summed E-state index contributed by atoms with van der Waals surface area (Å²) >= 11 is 6.07. The van der Waals surface area contributed by atoms with E-state index in [4.69, 9.17) is 16.3 Å². The number of aliphatic hydroxyl groups excluding tert-OH is 1. The van der Waals surface area contributed by atoms with E-state index >= 15 is 0 Å². The van der Waals surface area contributed by atoms with Crippen LogP contribution in [0.5, 0.6) is 0 Å². The molecule has 1 aromatic heterocycles. The summed E-state index contributed by atoms with van der Waals surface area (Å²) in [5.74, 6) is 0. The second-order valence-electron chi connectivity index (χ2n) is 4.67. The molecule has 1 aromatic rings. The fraction of sp³-hybridized carbons (Fsp3) is 0.667. The minimum atomic E-state index is -0.492. The number of anilines is 1. The van der Waals surface area contributed by atoms with E-state index in [-0.39, 0.29) is 17.2 Å². The van der Waals surface area contributed by atoms with E-state index < -0.39 is 5.54 Å². The summed E-state index contributed by atoms with van der Waals surface area (Å²) in [4.78, 5) is 11.9. The van der Waals surface area contributed by atoms with Crippen LogP contribution in [-0.2, 0) is 11.3 Å². The van der Waals surface area contributed by atoms with Crippen LogP contribution in [0.1, 0.15) is 19.8 Å². The average Bonchev–Trinajstić information content (AvgIpc) is 2.45. The van der Waals surface area contributed by atoms with Gasteiger partial charge in [0, 0.05) is 19.8 Å². The Hall–Kier alpha value is -1.11. The normalized spacial score (nSPS) is 18.3. The lowest BCUT2D eigenvalue weighted by Crippen LogP contribution is -2.47. The molecule has 0 spiro atoms. The second kappa shape index (κ2) is 5.90. The number of halogens is 1. The Balaban J connectivity index is 2.27. The fourth-order valence-corrected chi connectivity index (χ4v) is 2.34. The number of nitrogens with one attached hydrogen (secondary N) is 1. The molecule has 0 radical (unpaired) electrons. The first-order valence-corrected chi connectivity index (χ1v) is 6.72. The third kappa shape index (κ3) is 2.91. The van der Waals surface area contributed by atoms with Gasteiger partial charge in [-0.2, -0.15) is 5.10 Å². The summed E-state index contributed by atoms with van der Waals surface area (Å²) in [6.07, 6.45) is 2.85. The van der Waals surface area contributed by atoms with Crippen molar-refractivity contribution in [1.82, 2.24) is 9.78 Å². The van der Waals surface area contributed by atoms with Gasteiger partial charge in [0.2, 0.25) is 0 Å². The lowest BCUT2D eigenvalue weighted by Gasteiger charge is -2.37. The summed E-state index contributed by atoms with van der Waals surface area (Å²) in [5, 5.41) is 16.9. The molecule has 0 unspecified atom stereocenters. The number of hydrogen-bond donors (Lipinski definition) is 2. The minimum absolute atomic E-state index is 0.0381. The van der Waals surface area contributed by atoms with Crippen molar-refractivity contribution in [2.24, 2.45) is 0 Å². The van der Waals surface area contributed by atoms with E-state index in [9.17, 15) is 9.90 Å². The van der Waals surface area contributed by atoms with Crippen molar-refractivity contribution < 1.29 is 9.84 Å². The zero-order valence-electron chi connectivity index (χ0n) is 10.9. The van der Waals surface area contributed by atoms with Crippen LogP contribution >= 0.6 is 11.6 Å². The molecule has 0 aromatic carbocycles. The average molecular weight is 288 g/mol. The Kier molecular flexibility index (Phi) is 4.44. The minimum Gasteiger partial charge on any atom is -0.394 e. The molecule has 1 aliphatic heterocycles. The number of aliphatic hydroxyl groups is 1. The lowest BCUT2D eigenvalue weighted by atomic mass is 9.91. The standard InChI is InChI=1S/C12H18ClN3O3/c1-2-16-11(18)10(13)9(7-14-16)15-12(8-17)3-5-19-6-4-12/h7,15,17H,2-6,8H2,1H3. The first-order valence-electron chi connectivity index (χ1n) is 6.34. The Labute approximate surface area is 116 Å². The van der Waals surface area contributed by atoms with Gasteiger partial charge in [0.1, 0.15) is 5.02 Å². The molecule has 1 aliphatic rings. The first kappa shape index (κ1) is 14.3. The van der Waals surface area contributed by atoms with Gasteiger partial charge in [-0.05, 0) is 19.8 Å². The number of hydrogen-bond acceptors (Lipinski definition) is 5. The van der Waals surface area contributed by atoms with Crippen molar-refractivity contribution in [3.8, 4) is 0 Å². The van der Waals surface area contributed by atoms with Crippen molar-refractivity contribution in [3.05, 3.63) is 21.6 Å². The lowest BCUT2D eigenvalue weighted by molar-refractivity contribution is 0.0380. The van der Waals surface area contributed by atoms with Gasteiger partial charge in [0.05, 0.1) is 24.0 Å². The number of rotatable bonds is 4. The highest BCUT2D eigenvalue weighted by molar-refractivity contribution is 6.32. The molecule has 0 amide bonds. The van der Waals surface area contributed by atoms with Crippen LogP contribution in [0.15, 0.2) is 11.0 Å². The van der Waals surface area contributed by atoms with Crippen LogP contribution < -0.4 is 10.9 Å². The summed E-state index contributed by atoms with van der Waals surface area (Å²) < 4.78 is 6.58. The molecule has 7 heteroatoms. The molecular weight excluding hydrogens is 270 g/mol. The molecule has 0 atom stereocenters. The summed E-state index contributed by atoms with van der Waals surface area (Å²) in [6, 6.07) is 0. The van der Waals surface area contributed by atoms with Gasteiger partial charge in [-0.1, -0.05) is 11.6 Å². The zero-order chi connectivity index (χ0) is 13.9. The second-order valence-corrected chi connectivity index (χ2v) is 5.05. The third-order valence-electron chi connectivity index (χ3n) is 3.44. The number of aromatic nitrogens is 2. The maximum absolute atomic E-state index is 11.9. The highest BCUT2D eigenvalue weighted by Crippen LogP contribution is 2.27. The molecule has 1 fully saturated rings. The van der Waals surface area contributed by atoms with Crippen LogP contribution in [0.3, 0.4) is 0 Å². The molecule has 2 heterocycles. The Morgan fingerprint density at radius 1 is 1.58 bits per heavy atom. The summed E-state index contributed by atoms with van der Waals surface area (Å²) in [6.45, 7) is 3.40. The van der Waals surface area contributed by atoms with Crippen LogP contribution in [0, 0.1) is 0 Å². The smallest absolute Gasteiger partial charge is 0.287 e. The molecule has 19 heavy (non-hydrogen) atoms. The molecule has 106 valence electrons. The zero-order valence-corrected chi connectivity index (χ0v) is 11.6. The highest BCUT2D eigenvalue weighted by Gasteiger charge is 2.32. The predicted octanol–water partition coefficient (Wildman–Crippen LogP) is 0.870. The maximum atomic E-state index is 11.9. The Bertz CT molecular complexity index is 497. The SMILES string of the molecule is CCn1ncc(NC2(CO)CCOCC2)c(Cl)c1=O. The Morgan fingerprint density at radius 2 is 2.26 bits per heavy atom. The number of nitrogens with zero attached hydrogens (tertiary/aromatic N) is 2. The van der Waals surface area contributed by atoms with Crippen molar-refractivity contribution in [2.75, 3.05) is 25.1 Å². The van der Waals surface area contributed by atoms with Gasteiger partial charge < -0.3 is 15.2 Å². The van der Waals surface area contributed by atoms with Gasteiger partial charge in [0.15, 0.2) is 0 Å². The van der Waals surface area contributed by atoms with E-state index in [0.717, 1.165) is 0 Å². The van der Waals surface area contributed by atoms with E-state index in [1.807, 2.05) is 6.92 Å². The van der Waals surface area contributed by atoms with Crippen molar-refractivity contribution in [3.63, 3.8) is 0 Å². The van der Waals surface area contributed by atoms with Gasteiger partial charge in [-0.25, -0.2) is 4.68 Å². The molecule has 1 saturated heterocycles. The molecule has 0 saturated carbocycles. The molecule has 0 aliphatic carbocycles. The summed E-state index contributed by atoms with van der Waals surface area (Å²) in [7, 11) is 0. The first-order chi connectivity index (χ1) is 9.12. The van der Waals surface area contributed by atoms with Gasteiger partial charge in [0.25, 0.3) is 5.56 Å². The van der Waals surface area contributed by atoms with Crippen LogP contribution in [0.2, 0.25) is 5.02 Å². The third-order valence-corrected chi connectivity index (χ3v) is 3.80. The highest BCUT2D eigenvalue weighted by atomic mass is 35.5. The van der Waals surface area contributed by atoms with Gasteiger partial charge in [-0.15, -0.1) is 0 Å². The van der Waals surface area contributed by atoms with Crippen molar-refractivity contribution in [1.29, 1.82) is 0 Å². The monoisotopic (exact) mass is 287 g/mol. The molecule has 2 rings (SSSR count). The summed E-state index contributed by atoms with van der Waals surface area (Å²) in [5.41, 5.74) is -0.351. The molecular formula is C12H18ClN3O3. The van der Waals surface area contributed by atoms with Gasteiger partial charge in [-0.3, -0.25) is 4.79 Å². The largest absolute Gasteiger partial charge is 0.394 e. The quantitative estimate of drug-likeness (QED) is 0.859. The molecule has 2 N–H and O–H groups in total. The molecule has 0 bridgehead atoms. The topological polar surface area (TPSA) is 76.4 Å². The Morgan fingerprint density at radius 3 is 2.84 bits per heavy atom. The fourth-order valence-electron chi connectivity index (χ4n) is 2.15. The van der Waals surface area contributed by atoms with Crippen molar-refractivity contribution in [2.45, 2.75) is 31.8 Å². The maximum Gasteiger partial charge on any atom is 0.287 e. The number of aryl methyl sites for hydroxylation is 1. The number of ether oxygens (including phenoxy) is 1. The van der Waals surface area contributed by atoms with E-state index in [1.54, 1.807) is 0 Å². The van der Waals surface area contributed by atoms with Gasteiger partial charge >= 0.3 is 0 Å². The van der Waals surface area contributed by atoms with E-state index in [1.165, 1.54) is 10.9 Å². The van der Waals surface area contributed by atoms with Crippen LogP contribution in [0.25, 0.3) is 0 Å². The van der Waals surface area contributed by atoms with Crippen molar-refractivity contribution >= 4 is 17.3 Å².